The molecule has 7 heteroatoms. The molecule has 3 aromatic rings. The molecule has 3 heterocycles. The van der Waals surface area contributed by atoms with E-state index in [0.717, 1.165) is 25.2 Å². The van der Waals surface area contributed by atoms with E-state index in [4.69, 9.17) is 0 Å². The molecule has 0 aliphatic carbocycles. The van der Waals surface area contributed by atoms with Gasteiger partial charge in [-0.3, -0.25) is 14.2 Å². The monoisotopic (exact) mass is 399 g/mol. The highest BCUT2D eigenvalue weighted by Gasteiger charge is 2.22. The Bertz CT molecular complexity index is 1010. The summed E-state index contributed by atoms with van der Waals surface area (Å²) in [5.74, 6) is 0.963. The van der Waals surface area contributed by atoms with E-state index < -0.39 is 0 Å². The van der Waals surface area contributed by atoms with Gasteiger partial charge in [-0.2, -0.15) is 0 Å². The van der Waals surface area contributed by atoms with E-state index in [1.54, 1.807) is 4.57 Å². The third kappa shape index (κ3) is 3.80. The first-order valence-electron chi connectivity index (χ1n) is 9.10. The second kappa shape index (κ2) is 7.86. The number of hydrogen-bond donors (Lipinski definition) is 0. The van der Waals surface area contributed by atoms with E-state index in [0.29, 0.717) is 27.0 Å². The van der Waals surface area contributed by atoms with Gasteiger partial charge in [-0.15, -0.1) is 11.3 Å². The molecule has 1 saturated heterocycles. The molecule has 1 amide bonds. The Labute approximate surface area is 166 Å². The van der Waals surface area contributed by atoms with Gasteiger partial charge in [0, 0.05) is 13.1 Å². The fraction of sp³-hybridized carbons (Fsp3) is 0.350. The first-order chi connectivity index (χ1) is 13.1. The number of amides is 1. The first kappa shape index (κ1) is 18.3. The molecule has 0 bridgehead atoms. The Balaban J connectivity index is 1.64. The van der Waals surface area contributed by atoms with Crippen molar-refractivity contribution < 1.29 is 4.79 Å². The van der Waals surface area contributed by atoms with Crippen LogP contribution < -0.4 is 5.56 Å². The van der Waals surface area contributed by atoms with Crippen LogP contribution in [0.3, 0.4) is 0 Å². The van der Waals surface area contributed by atoms with Crippen molar-refractivity contribution in [3.05, 3.63) is 52.1 Å². The van der Waals surface area contributed by atoms with Crippen LogP contribution >= 0.6 is 23.1 Å². The van der Waals surface area contributed by atoms with Crippen LogP contribution in [0.15, 0.2) is 51.7 Å². The van der Waals surface area contributed by atoms with E-state index in [2.05, 4.69) is 11.9 Å². The van der Waals surface area contributed by atoms with Crippen molar-refractivity contribution in [2.45, 2.75) is 24.9 Å². The lowest BCUT2D eigenvalue weighted by molar-refractivity contribution is -0.130. The van der Waals surface area contributed by atoms with Gasteiger partial charge in [0.15, 0.2) is 5.16 Å². The number of fused-ring (bicyclic) bond motifs is 1. The molecule has 5 nitrogen and oxygen atoms in total. The minimum atomic E-state index is -0.0889. The molecule has 140 valence electrons. The van der Waals surface area contributed by atoms with Crippen molar-refractivity contribution in [1.29, 1.82) is 0 Å². The lowest BCUT2D eigenvalue weighted by atomic mass is 10.0. The Kier molecular flexibility index (Phi) is 5.31. The number of thiophene rings is 1. The lowest BCUT2D eigenvalue weighted by Gasteiger charge is -2.30. The molecule has 27 heavy (non-hydrogen) atoms. The zero-order valence-corrected chi connectivity index (χ0v) is 16.8. The molecule has 4 rings (SSSR count). The summed E-state index contributed by atoms with van der Waals surface area (Å²) in [5, 5.41) is 3.06. The number of para-hydroxylation sites is 1. The van der Waals surface area contributed by atoms with Gasteiger partial charge in [-0.25, -0.2) is 4.98 Å². The van der Waals surface area contributed by atoms with Crippen LogP contribution in [0.4, 0.5) is 0 Å². The Morgan fingerprint density at radius 1 is 1.30 bits per heavy atom. The van der Waals surface area contributed by atoms with Gasteiger partial charge in [0.2, 0.25) is 5.91 Å². The molecule has 2 aromatic heterocycles. The van der Waals surface area contributed by atoms with E-state index in [-0.39, 0.29) is 11.5 Å². The summed E-state index contributed by atoms with van der Waals surface area (Å²) in [6.45, 7) is 3.83. The number of benzene rings is 1. The van der Waals surface area contributed by atoms with Crippen LogP contribution in [-0.2, 0) is 4.79 Å². The highest BCUT2D eigenvalue weighted by atomic mass is 32.2. The molecule has 0 saturated carbocycles. The molecule has 1 fully saturated rings. The highest BCUT2D eigenvalue weighted by molar-refractivity contribution is 7.99. The largest absolute Gasteiger partial charge is 0.342 e. The average Bonchev–Trinajstić information content (AvgIpc) is 3.16. The number of carbonyl (C=O) groups is 1. The maximum atomic E-state index is 13.0. The third-order valence-electron chi connectivity index (χ3n) is 4.82. The van der Waals surface area contributed by atoms with Crippen molar-refractivity contribution in [2.75, 3.05) is 18.8 Å². The molecule has 0 radical (unpaired) electrons. The summed E-state index contributed by atoms with van der Waals surface area (Å²) in [4.78, 5) is 33.0. The Morgan fingerprint density at radius 2 is 2.11 bits per heavy atom. The number of rotatable bonds is 4. The summed E-state index contributed by atoms with van der Waals surface area (Å²) in [6.07, 6.45) is 2.24. The fourth-order valence-corrected chi connectivity index (χ4v) is 5.15. The van der Waals surface area contributed by atoms with Crippen LogP contribution in [0.25, 0.3) is 15.9 Å². The van der Waals surface area contributed by atoms with Crippen molar-refractivity contribution in [3.63, 3.8) is 0 Å². The Morgan fingerprint density at radius 3 is 2.89 bits per heavy atom. The topological polar surface area (TPSA) is 55.2 Å². The quantitative estimate of drug-likeness (QED) is 0.495. The molecule has 1 atom stereocenters. The lowest BCUT2D eigenvalue weighted by Crippen LogP contribution is -2.40. The van der Waals surface area contributed by atoms with Crippen molar-refractivity contribution in [3.8, 4) is 5.69 Å². The van der Waals surface area contributed by atoms with Crippen LogP contribution in [0, 0.1) is 5.92 Å². The predicted octanol–water partition coefficient (Wildman–Crippen LogP) is 3.80. The fourth-order valence-electron chi connectivity index (χ4n) is 3.43. The normalized spacial score (nSPS) is 17.4. The van der Waals surface area contributed by atoms with Crippen LogP contribution in [0.5, 0.6) is 0 Å². The van der Waals surface area contributed by atoms with Crippen molar-refractivity contribution in [1.82, 2.24) is 14.5 Å². The van der Waals surface area contributed by atoms with Crippen molar-refractivity contribution >= 4 is 39.2 Å². The first-order valence-corrected chi connectivity index (χ1v) is 11.0. The molecule has 0 N–H and O–H groups in total. The van der Waals surface area contributed by atoms with Gasteiger partial charge < -0.3 is 4.90 Å². The van der Waals surface area contributed by atoms with Gasteiger partial charge in [-0.1, -0.05) is 36.9 Å². The number of likely N-dealkylation sites (tertiary alicyclic amines) is 1. The third-order valence-corrected chi connectivity index (χ3v) is 6.55. The molecular formula is C20H21N3O2S2. The molecular weight excluding hydrogens is 378 g/mol. The van der Waals surface area contributed by atoms with Crippen LogP contribution in [-0.4, -0.2) is 39.2 Å². The summed E-state index contributed by atoms with van der Waals surface area (Å²) in [5.41, 5.74) is 0.679. The highest BCUT2D eigenvalue weighted by Crippen LogP contribution is 2.25. The van der Waals surface area contributed by atoms with Crippen LogP contribution in [0.1, 0.15) is 19.8 Å². The summed E-state index contributed by atoms with van der Waals surface area (Å²) in [7, 11) is 0. The van der Waals surface area contributed by atoms with E-state index in [9.17, 15) is 9.59 Å². The van der Waals surface area contributed by atoms with Crippen molar-refractivity contribution in [2.24, 2.45) is 5.92 Å². The predicted molar refractivity (Wildman–Crippen MR) is 111 cm³/mol. The summed E-state index contributed by atoms with van der Waals surface area (Å²) >= 11 is 2.79. The number of carbonyl (C=O) groups excluding carboxylic acids is 1. The summed E-state index contributed by atoms with van der Waals surface area (Å²) < 4.78 is 1.62. The van der Waals surface area contributed by atoms with Gasteiger partial charge in [0.25, 0.3) is 5.56 Å². The van der Waals surface area contributed by atoms with Gasteiger partial charge in [-0.05, 0) is 42.3 Å². The zero-order valence-electron chi connectivity index (χ0n) is 15.1. The number of hydrogen-bond acceptors (Lipinski definition) is 5. The van der Waals surface area contributed by atoms with Gasteiger partial charge >= 0.3 is 0 Å². The zero-order chi connectivity index (χ0) is 18.8. The maximum Gasteiger partial charge on any atom is 0.267 e. The number of aromatic nitrogens is 2. The van der Waals surface area contributed by atoms with E-state index in [1.807, 2.05) is 46.7 Å². The molecule has 0 spiro atoms. The van der Waals surface area contributed by atoms with Gasteiger partial charge in [0.1, 0.15) is 4.83 Å². The second-order valence-electron chi connectivity index (χ2n) is 6.89. The number of piperidine rings is 1. The van der Waals surface area contributed by atoms with Crippen LogP contribution in [0.2, 0.25) is 0 Å². The van der Waals surface area contributed by atoms with Gasteiger partial charge in [0.05, 0.1) is 16.8 Å². The SMILES string of the molecule is CC1CCCN(C(=O)CSc2nc3sccc3c(=O)n2-c2ccccc2)C1. The minimum absolute atomic E-state index is 0.0889. The van der Waals surface area contributed by atoms with E-state index in [1.165, 1.54) is 29.5 Å². The summed E-state index contributed by atoms with van der Waals surface area (Å²) in [6, 6.07) is 11.3. The number of nitrogens with zero attached hydrogens (tertiary/aromatic N) is 3. The minimum Gasteiger partial charge on any atom is -0.342 e. The standard InChI is InChI=1S/C20H21N3O2S2/c1-14-6-5-10-22(12-14)17(24)13-27-20-21-18-16(9-11-26-18)19(25)23(20)15-7-3-2-4-8-15/h2-4,7-9,11,14H,5-6,10,12-13H2,1H3. The van der Waals surface area contributed by atoms with E-state index >= 15 is 0 Å². The second-order valence-corrected chi connectivity index (χ2v) is 8.72. The molecule has 1 aliphatic heterocycles. The molecule has 1 aromatic carbocycles. The number of thioether (sulfide) groups is 1. The average molecular weight is 400 g/mol. The maximum absolute atomic E-state index is 13.0. The molecule has 1 unspecified atom stereocenters. The smallest absolute Gasteiger partial charge is 0.267 e. The molecule has 1 aliphatic rings. The Hall–Kier alpha value is -2.12.